The van der Waals surface area contributed by atoms with Gasteiger partial charge in [0.2, 0.25) is 11.7 Å². The molecule has 0 aliphatic heterocycles. The van der Waals surface area contributed by atoms with Crippen LogP contribution in [0.3, 0.4) is 0 Å². The van der Waals surface area contributed by atoms with Crippen molar-refractivity contribution in [2.45, 2.75) is 18.5 Å². The highest BCUT2D eigenvalue weighted by atomic mass is 32.2. The average molecular weight is 347 g/mol. The number of benzene rings is 1. The molecule has 124 valence electrons. The average Bonchev–Trinajstić information content (AvgIpc) is 2.97. The third kappa shape index (κ3) is 3.30. The van der Waals surface area contributed by atoms with Gasteiger partial charge >= 0.3 is 0 Å². The smallest absolute Gasteiger partial charge is 0.252 e. The molecule has 7 nitrogen and oxygen atoms in total. The molecule has 0 radical (unpaired) electrons. The number of carbonyl (C=O) groups excluding carboxylic acids is 1. The molecule has 2 heterocycles. The van der Waals surface area contributed by atoms with Crippen molar-refractivity contribution < 1.29 is 9.18 Å². The van der Waals surface area contributed by atoms with Crippen molar-refractivity contribution in [2.75, 3.05) is 11.1 Å². The summed E-state index contributed by atoms with van der Waals surface area (Å²) >= 11 is 1.16. The minimum atomic E-state index is -0.491. The first-order chi connectivity index (χ1) is 11.6. The molecule has 1 aromatic carbocycles. The maximum Gasteiger partial charge on any atom is 0.252 e. The van der Waals surface area contributed by atoms with Crippen LogP contribution < -0.4 is 10.9 Å². The first-order valence-electron chi connectivity index (χ1n) is 7.23. The normalized spacial score (nSPS) is 10.9. The summed E-state index contributed by atoms with van der Waals surface area (Å²) in [5, 5.41) is 10.9. The summed E-state index contributed by atoms with van der Waals surface area (Å²) in [6.45, 7) is 1.91. The van der Waals surface area contributed by atoms with Gasteiger partial charge in [-0.3, -0.25) is 19.0 Å². The van der Waals surface area contributed by atoms with E-state index in [0.717, 1.165) is 17.5 Å². The summed E-state index contributed by atoms with van der Waals surface area (Å²) in [6, 6.07) is 7.43. The highest BCUT2D eigenvalue weighted by Gasteiger charge is 2.13. The summed E-state index contributed by atoms with van der Waals surface area (Å²) in [6.07, 6.45) is 0.618. The molecule has 0 unspecified atom stereocenters. The van der Waals surface area contributed by atoms with Crippen molar-refractivity contribution in [3.8, 4) is 0 Å². The number of hydrogen-bond donors (Lipinski definition) is 2. The van der Waals surface area contributed by atoms with E-state index in [-0.39, 0.29) is 22.9 Å². The molecule has 0 saturated carbocycles. The molecule has 0 aliphatic rings. The van der Waals surface area contributed by atoms with Crippen LogP contribution in [-0.4, -0.2) is 31.2 Å². The maximum atomic E-state index is 13.5. The van der Waals surface area contributed by atoms with Gasteiger partial charge in [-0.2, -0.15) is 0 Å². The molecule has 3 rings (SSSR count). The molecule has 0 aliphatic carbocycles. The molecule has 1 amide bonds. The lowest BCUT2D eigenvalue weighted by Gasteiger charge is -2.06. The van der Waals surface area contributed by atoms with E-state index >= 15 is 0 Å². The van der Waals surface area contributed by atoms with Crippen LogP contribution in [0.15, 0.2) is 40.3 Å². The number of carbonyl (C=O) groups is 1. The fraction of sp³-hybridized carbons (Fsp3) is 0.200. The predicted octanol–water partition coefficient (Wildman–Crippen LogP) is 1.85. The monoisotopic (exact) mass is 347 g/mol. The Kier molecular flexibility index (Phi) is 4.61. The van der Waals surface area contributed by atoms with Gasteiger partial charge in [0.05, 0.1) is 11.4 Å². The molecule has 2 aromatic heterocycles. The third-order valence-electron chi connectivity index (χ3n) is 3.30. The van der Waals surface area contributed by atoms with Gasteiger partial charge in [-0.15, -0.1) is 10.2 Å². The standard InChI is InChI=1S/C15H14FN5O2S/c1-2-9-7-12(22)18-14-19-20-15(21(9)14)24-8-13(23)17-11-6-4-3-5-10(11)16/h3-7H,2,8H2,1H3,(H,17,23)(H,18,19,22). The summed E-state index contributed by atoms with van der Waals surface area (Å²) in [7, 11) is 0. The number of aromatic amines is 1. The fourth-order valence-electron chi connectivity index (χ4n) is 2.20. The van der Waals surface area contributed by atoms with Crippen LogP contribution in [0, 0.1) is 5.82 Å². The van der Waals surface area contributed by atoms with Crippen molar-refractivity contribution in [1.82, 2.24) is 19.6 Å². The van der Waals surface area contributed by atoms with E-state index in [0.29, 0.717) is 17.4 Å². The number of halogens is 1. The summed E-state index contributed by atoms with van der Waals surface area (Å²) in [4.78, 5) is 26.1. The number of nitrogens with one attached hydrogen (secondary N) is 2. The molecule has 24 heavy (non-hydrogen) atoms. The molecular formula is C15H14FN5O2S. The van der Waals surface area contributed by atoms with Gasteiger partial charge in [0, 0.05) is 11.8 Å². The lowest BCUT2D eigenvalue weighted by Crippen LogP contribution is -2.16. The van der Waals surface area contributed by atoms with E-state index in [1.165, 1.54) is 18.2 Å². The van der Waals surface area contributed by atoms with Crippen LogP contribution in [0.4, 0.5) is 10.1 Å². The van der Waals surface area contributed by atoms with E-state index in [4.69, 9.17) is 0 Å². The second kappa shape index (κ2) is 6.83. The van der Waals surface area contributed by atoms with Crippen molar-refractivity contribution in [3.63, 3.8) is 0 Å². The molecule has 0 fully saturated rings. The first-order valence-corrected chi connectivity index (χ1v) is 8.21. The van der Waals surface area contributed by atoms with Crippen molar-refractivity contribution >= 4 is 29.1 Å². The molecule has 3 aromatic rings. The number of thioether (sulfide) groups is 1. The van der Waals surface area contributed by atoms with E-state index in [1.807, 2.05) is 6.92 Å². The molecular weight excluding hydrogens is 333 g/mol. The van der Waals surface area contributed by atoms with Gasteiger partial charge in [-0.05, 0) is 18.6 Å². The SMILES string of the molecule is CCc1cc(=O)[nH]c2nnc(SCC(=O)Nc3ccccc3F)n12. The Hall–Kier alpha value is -2.68. The van der Waals surface area contributed by atoms with Crippen molar-refractivity contribution in [2.24, 2.45) is 0 Å². The quantitative estimate of drug-likeness (QED) is 0.687. The number of para-hydroxylation sites is 1. The van der Waals surface area contributed by atoms with Crippen LogP contribution in [0.25, 0.3) is 5.78 Å². The Bertz CT molecular complexity index is 952. The Morgan fingerprint density at radius 1 is 1.38 bits per heavy atom. The highest BCUT2D eigenvalue weighted by molar-refractivity contribution is 7.99. The number of amides is 1. The molecule has 0 bridgehead atoms. The molecule has 2 N–H and O–H groups in total. The van der Waals surface area contributed by atoms with Gasteiger partial charge in [-0.25, -0.2) is 4.39 Å². The number of hydrogen-bond acceptors (Lipinski definition) is 5. The second-order valence-electron chi connectivity index (χ2n) is 4.94. The van der Waals surface area contributed by atoms with Crippen LogP contribution in [0.5, 0.6) is 0 Å². The van der Waals surface area contributed by atoms with Crippen LogP contribution in [0.2, 0.25) is 0 Å². The first kappa shape index (κ1) is 16.2. The highest BCUT2D eigenvalue weighted by Crippen LogP contribution is 2.19. The van der Waals surface area contributed by atoms with Crippen LogP contribution in [0.1, 0.15) is 12.6 Å². The van der Waals surface area contributed by atoms with Gasteiger partial charge in [0.15, 0.2) is 5.16 Å². The van der Waals surface area contributed by atoms with Crippen molar-refractivity contribution in [1.29, 1.82) is 0 Å². The van der Waals surface area contributed by atoms with Gasteiger partial charge in [-0.1, -0.05) is 30.8 Å². The number of fused-ring (bicyclic) bond motifs is 1. The zero-order valence-corrected chi connectivity index (χ0v) is 13.6. The van der Waals surface area contributed by atoms with Crippen LogP contribution in [-0.2, 0) is 11.2 Å². The van der Waals surface area contributed by atoms with E-state index in [1.54, 1.807) is 16.5 Å². The van der Waals surface area contributed by atoms with Crippen molar-refractivity contribution in [3.05, 3.63) is 52.2 Å². The number of nitrogens with zero attached hydrogens (tertiary/aromatic N) is 3. The third-order valence-corrected chi connectivity index (χ3v) is 4.22. The maximum absolute atomic E-state index is 13.5. The molecule has 0 atom stereocenters. The summed E-state index contributed by atoms with van der Waals surface area (Å²) < 4.78 is 15.2. The Labute approximate surface area is 140 Å². The minimum Gasteiger partial charge on any atom is -0.323 e. The Morgan fingerprint density at radius 3 is 2.92 bits per heavy atom. The molecule has 0 spiro atoms. The minimum absolute atomic E-state index is 0.0391. The second-order valence-corrected chi connectivity index (χ2v) is 5.88. The molecule has 0 saturated heterocycles. The molecule has 9 heteroatoms. The number of aromatic nitrogens is 4. The van der Waals surface area contributed by atoms with E-state index in [2.05, 4.69) is 20.5 Å². The Morgan fingerprint density at radius 2 is 2.17 bits per heavy atom. The summed E-state index contributed by atoms with van der Waals surface area (Å²) in [5.74, 6) is -0.479. The summed E-state index contributed by atoms with van der Waals surface area (Å²) in [5.41, 5.74) is 0.629. The number of aryl methyl sites for hydroxylation is 1. The van der Waals surface area contributed by atoms with Gasteiger partial charge < -0.3 is 5.32 Å². The lowest BCUT2D eigenvalue weighted by molar-refractivity contribution is -0.113. The zero-order chi connectivity index (χ0) is 17.1. The zero-order valence-electron chi connectivity index (χ0n) is 12.7. The Balaban J connectivity index is 1.75. The number of H-pyrrole nitrogens is 1. The number of anilines is 1. The van der Waals surface area contributed by atoms with E-state index in [9.17, 15) is 14.0 Å². The number of rotatable bonds is 5. The fourth-order valence-corrected chi connectivity index (χ4v) is 2.97. The van der Waals surface area contributed by atoms with Gasteiger partial charge in [0.25, 0.3) is 5.56 Å². The van der Waals surface area contributed by atoms with Gasteiger partial charge in [0.1, 0.15) is 5.82 Å². The predicted molar refractivity (Wildman–Crippen MR) is 88.7 cm³/mol. The van der Waals surface area contributed by atoms with E-state index < -0.39 is 5.82 Å². The lowest BCUT2D eigenvalue weighted by atomic mass is 10.3. The topological polar surface area (TPSA) is 92.2 Å². The van der Waals surface area contributed by atoms with Crippen LogP contribution >= 0.6 is 11.8 Å². The largest absolute Gasteiger partial charge is 0.323 e.